The third-order valence-electron chi connectivity index (χ3n) is 5.42. The number of H-pyrrole nitrogens is 1. The fourth-order valence-corrected chi connectivity index (χ4v) is 3.73. The number of fused-ring (bicyclic) bond motifs is 1. The van der Waals surface area contributed by atoms with E-state index >= 15 is 0 Å². The number of piperazine rings is 1. The number of aromatic nitrogens is 2. The fourth-order valence-electron chi connectivity index (χ4n) is 3.73. The number of carbonyl (C=O) groups excluding carboxylic acids is 1. The molecule has 8 heteroatoms. The van der Waals surface area contributed by atoms with E-state index in [0.717, 1.165) is 39.1 Å². The highest BCUT2D eigenvalue weighted by molar-refractivity contribution is 5.83. The Kier molecular flexibility index (Phi) is 7.22. The van der Waals surface area contributed by atoms with E-state index < -0.39 is 0 Å². The molecule has 1 saturated heterocycles. The minimum absolute atomic E-state index is 0.200. The Hall–Kier alpha value is -2.45. The highest BCUT2D eigenvalue weighted by Gasteiger charge is 2.22. The van der Waals surface area contributed by atoms with Crippen molar-refractivity contribution in [3.8, 4) is 5.75 Å². The van der Waals surface area contributed by atoms with Gasteiger partial charge in [-0.15, -0.1) is 0 Å². The number of aromatic amines is 1. The van der Waals surface area contributed by atoms with Crippen LogP contribution >= 0.6 is 0 Å². The summed E-state index contributed by atoms with van der Waals surface area (Å²) >= 11 is 0. The van der Waals surface area contributed by atoms with Gasteiger partial charge in [0.1, 0.15) is 23.2 Å². The summed E-state index contributed by atoms with van der Waals surface area (Å²) < 4.78 is 11.0. The molecule has 1 aromatic carbocycles. The van der Waals surface area contributed by atoms with Crippen LogP contribution in [0.2, 0.25) is 0 Å². The van der Waals surface area contributed by atoms with Crippen LogP contribution in [0, 0.1) is 0 Å². The second-order valence-corrected chi connectivity index (χ2v) is 7.29. The molecule has 1 atom stereocenters. The number of methoxy groups -OCH3 is 2. The van der Waals surface area contributed by atoms with Crippen molar-refractivity contribution in [3.63, 3.8) is 0 Å². The summed E-state index contributed by atoms with van der Waals surface area (Å²) in [5.41, 5.74) is 0.341. The van der Waals surface area contributed by atoms with Gasteiger partial charge in [-0.3, -0.25) is 14.5 Å². The third kappa shape index (κ3) is 4.94. The molecule has 0 saturated carbocycles. The number of amides is 1. The molecule has 1 unspecified atom stereocenters. The van der Waals surface area contributed by atoms with E-state index in [-0.39, 0.29) is 17.6 Å². The van der Waals surface area contributed by atoms with Gasteiger partial charge >= 0.3 is 0 Å². The lowest BCUT2D eigenvalue weighted by Gasteiger charge is -2.35. The van der Waals surface area contributed by atoms with Gasteiger partial charge in [-0.05, 0) is 25.0 Å². The molecule has 158 valence electrons. The smallest absolute Gasteiger partial charge is 0.258 e. The lowest BCUT2D eigenvalue weighted by Crippen LogP contribution is -2.49. The third-order valence-corrected chi connectivity index (χ3v) is 5.42. The Balaban J connectivity index is 1.65. The second-order valence-electron chi connectivity index (χ2n) is 7.29. The first-order valence-electron chi connectivity index (χ1n) is 10.2. The van der Waals surface area contributed by atoms with Gasteiger partial charge in [-0.25, -0.2) is 4.98 Å². The molecule has 1 aliphatic rings. The van der Waals surface area contributed by atoms with Gasteiger partial charge in [0.15, 0.2) is 0 Å². The number of benzene rings is 1. The van der Waals surface area contributed by atoms with Crippen LogP contribution in [0.1, 0.15) is 38.1 Å². The van der Waals surface area contributed by atoms with Crippen molar-refractivity contribution in [1.29, 1.82) is 0 Å². The van der Waals surface area contributed by atoms with Gasteiger partial charge in [-0.2, -0.15) is 0 Å². The number of rotatable bonds is 8. The van der Waals surface area contributed by atoms with Crippen LogP contribution in [0.4, 0.5) is 0 Å². The van der Waals surface area contributed by atoms with E-state index in [9.17, 15) is 9.59 Å². The van der Waals surface area contributed by atoms with Gasteiger partial charge in [0, 0.05) is 46.3 Å². The molecule has 0 aliphatic carbocycles. The van der Waals surface area contributed by atoms with E-state index in [1.54, 1.807) is 32.4 Å². The molecule has 1 aliphatic heterocycles. The Labute approximate surface area is 170 Å². The number of carbonyl (C=O) groups is 1. The topological polar surface area (TPSA) is 87.8 Å². The molecule has 1 fully saturated rings. The number of para-hydroxylation sites is 1. The molecule has 0 spiro atoms. The van der Waals surface area contributed by atoms with E-state index in [1.807, 2.05) is 11.8 Å². The maximum atomic E-state index is 12.5. The lowest BCUT2D eigenvalue weighted by molar-refractivity contribution is -0.133. The summed E-state index contributed by atoms with van der Waals surface area (Å²) in [7, 11) is 3.19. The van der Waals surface area contributed by atoms with Crippen LogP contribution in [0.15, 0.2) is 23.0 Å². The van der Waals surface area contributed by atoms with Crippen molar-refractivity contribution in [1.82, 2.24) is 19.8 Å². The van der Waals surface area contributed by atoms with Gasteiger partial charge in [0.05, 0.1) is 12.5 Å². The van der Waals surface area contributed by atoms with Crippen molar-refractivity contribution in [2.45, 2.75) is 32.3 Å². The van der Waals surface area contributed by atoms with Crippen molar-refractivity contribution < 1.29 is 14.3 Å². The van der Waals surface area contributed by atoms with Crippen molar-refractivity contribution in [2.24, 2.45) is 0 Å². The Morgan fingerprint density at radius 2 is 2.00 bits per heavy atom. The molecule has 3 rings (SSSR count). The SMILES string of the molecule is CCCC(=O)N1CCN(CCC(OC)c2nc3c(OC)cccc3c(=O)[nH]2)CC1. The van der Waals surface area contributed by atoms with E-state index in [1.165, 1.54) is 0 Å². The first kappa shape index (κ1) is 21.3. The van der Waals surface area contributed by atoms with Crippen molar-refractivity contribution >= 4 is 16.8 Å². The monoisotopic (exact) mass is 402 g/mol. The van der Waals surface area contributed by atoms with Gasteiger partial charge < -0.3 is 19.4 Å². The highest BCUT2D eigenvalue weighted by Crippen LogP contribution is 2.24. The zero-order valence-electron chi connectivity index (χ0n) is 17.4. The average molecular weight is 402 g/mol. The molecule has 1 N–H and O–H groups in total. The van der Waals surface area contributed by atoms with Crippen LogP contribution in [0.5, 0.6) is 5.75 Å². The first-order valence-corrected chi connectivity index (χ1v) is 10.2. The normalized spacial score (nSPS) is 16.2. The standard InChI is InChI=1S/C21H30N4O4/c1-4-6-18(26)25-13-11-24(12-14-25)10-9-17(29-3)20-22-19-15(21(27)23-20)7-5-8-16(19)28-2/h5,7-8,17H,4,6,9-14H2,1-3H3,(H,22,23,27). The molecule has 2 aromatic rings. The first-order chi connectivity index (χ1) is 14.1. The maximum Gasteiger partial charge on any atom is 0.258 e. The van der Waals surface area contributed by atoms with Gasteiger partial charge in [-0.1, -0.05) is 13.0 Å². The van der Waals surface area contributed by atoms with Crippen LogP contribution in [-0.2, 0) is 9.53 Å². The maximum absolute atomic E-state index is 12.5. The van der Waals surface area contributed by atoms with Gasteiger partial charge in [0.25, 0.3) is 5.56 Å². The molecular weight excluding hydrogens is 372 g/mol. The molecular formula is C21H30N4O4. The molecule has 1 aromatic heterocycles. The van der Waals surface area contributed by atoms with E-state index in [4.69, 9.17) is 9.47 Å². The lowest BCUT2D eigenvalue weighted by atomic mass is 10.1. The minimum Gasteiger partial charge on any atom is -0.494 e. The van der Waals surface area contributed by atoms with Crippen molar-refractivity contribution in [2.75, 3.05) is 46.9 Å². The second kappa shape index (κ2) is 9.84. The average Bonchev–Trinajstić information content (AvgIpc) is 2.74. The summed E-state index contributed by atoms with van der Waals surface area (Å²) in [6, 6.07) is 5.30. The number of hydrogen-bond donors (Lipinski definition) is 1. The molecule has 1 amide bonds. The molecule has 0 radical (unpaired) electrons. The Morgan fingerprint density at radius 3 is 2.66 bits per heavy atom. The zero-order valence-corrected chi connectivity index (χ0v) is 17.4. The summed E-state index contributed by atoms with van der Waals surface area (Å²) in [4.78, 5) is 36.3. The summed E-state index contributed by atoms with van der Waals surface area (Å²) in [6.07, 6.45) is 1.88. The molecule has 8 nitrogen and oxygen atoms in total. The highest BCUT2D eigenvalue weighted by atomic mass is 16.5. The summed E-state index contributed by atoms with van der Waals surface area (Å²) in [5.74, 6) is 1.32. The number of nitrogens with zero attached hydrogens (tertiary/aromatic N) is 3. The molecule has 2 heterocycles. The number of hydrogen-bond acceptors (Lipinski definition) is 6. The van der Waals surface area contributed by atoms with Crippen LogP contribution < -0.4 is 10.3 Å². The predicted molar refractivity (Wildman–Crippen MR) is 111 cm³/mol. The number of ether oxygens (including phenoxy) is 2. The largest absolute Gasteiger partial charge is 0.494 e. The molecule has 0 bridgehead atoms. The van der Waals surface area contributed by atoms with E-state index in [0.29, 0.717) is 35.3 Å². The fraction of sp³-hybridized carbons (Fsp3) is 0.571. The predicted octanol–water partition coefficient (Wildman–Crippen LogP) is 1.95. The van der Waals surface area contributed by atoms with E-state index in [2.05, 4.69) is 14.9 Å². The minimum atomic E-state index is -0.322. The summed E-state index contributed by atoms with van der Waals surface area (Å²) in [5, 5.41) is 0.496. The molecule has 29 heavy (non-hydrogen) atoms. The quantitative estimate of drug-likeness (QED) is 0.726. The summed E-state index contributed by atoms with van der Waals surface area (Å²) in [6.45, 7) is 6.06. The Morgan fingerprint density at radius 1 is 1.24 bits per heavy atom. The Bertz CT molecular complexity index is 890. The van der Waals surface area contributed by atoms with Crippen LogP contribution in [-0.4, -0.2) is 72.6 Å². The van der Waals surface area contributed by atoms with Crippen molar-refractivity contribution in [3.05, 3.63) is 34.4 Å². The van der Waals surface area contributed by atoms with Crippen LogP contribution in [0.3, 0.4) is 0 Å². The number of nitrogens with one attached hydrogen (secondary N) is 1. The van der Waals surface area contributed by atoms with Crippen LogP contribution in [0.25, 0.3) is 10.9 Å². The van der Waals surface area contributed by atoms with Gasteiger partial charge in [0.2, 0.25) is 5.91 Å². The zero-order chi connectivity index (χ0) is 20.8.